The lowest BCUT2D eigenvalue weighted by atomic mass is 9.73. The first kappa shape index (κ1) is 23.0. The predicted molar refractivity (Wildman–Crippen MR) is 118 cm³/mol. The Hall–Kier alpha value is -3.17. The topological polar surface area (TPSA) is 64.6 Å². The lowest BCUT2D eigenvalue weighted by Gasteiger charge is -2.35. The van der Waals surface area contributed by atoms with E-state index in [4.69, 9.17) is 9.47 Å². The van der Waals surface area contributed by atoms with Gasteiger partial charge in [-0.2, -0.15) is 13.2 Å². The normalized spacial score (nSPS) is 15.6. The Balaban J connectivity index is 1.53. The lowest BCUT2D eigenvalue weighted by molar-refractivity contribution is -0.145. The summed E-state index contributed by atoms with van der Waals surface area (Å²) < 4.78 is 50.7. The Labute approximate surface area is 192 Å². The predicted octanol–water partition coefficient (Wildman–Crippen LogP) is 5.67. The second-order valence-corrected chi connectivity index (χ2v) is 8.57. The monoisotopic (exact) mass is 475 g/mol. The van der Waals surface area contributed by atoms with Crippen molar-refractivity contribution >= 4 is 28.9 Å². The molecule has 2 aromatic carbocycles. The van der Waals surface area contributed by atoms with Crippen LogP contribution in [-0.2, 0) is 21.1 Å². The molecule has 1 aromatic heterocycles. The number of amides is 1. The molecular formula is C24H20F3NO4S. The number of rotatable bonds is 5. The molecule has 0 bridgehead atoms. The van der Waals surface area contributed by atoms with Gasteiger partial charge in [0, 0.05) is 18.9 Å². The van der Waals surface area contributed by atoms with E-state index in [2.05, 4.69) is 5.32 Å². The van der Waals surface area contributed by atoms with Gasteiger partial charge in [0.05, 0.1) is 15.9 Å². The average Bonchev–Trinajstić information content (AvgIpc) is 3.35. The smallest absolute Gasteiger partial charge is 0.416 e. The second-order valence-electron chi connectivity index (χ2n) is 7.62. The standard InChI is InChI=1S/C24H20F3NO4S/c25-24(26,27)17-4-1-3-16(15-17)23(10-12-31-13-11-23)22(30)32-19-8-6-18(7-9-19)28-21(29)20-5-2-14-33-20/h1-9,14-15H,10-13H2,(H,28,29). The van der Waals surface area contributed by atoms with Crippen LogP contribution in [0.15, 0.2) is 66.0 Å². The van der Waals surface area contributed by atoms with Crippen LogP contribution in [0.3, 0.4) is 0 Å². The number of ether oxygens (including phenoxy) is 2. The maximum Gasteiger partial charge on any atom is 0.416 e. The number of anilines is 1. The van der Waals surface area contributed by atoms with Gasteiger partial charge in [0.25, 0.3) is 5.91 Å². The third kappa shape index (κ3) is 5.09. The first-order valence-corrected chi connectivity index (χ1v) is 11.1. The highest BCUT2D eigenvalue weighted by Crippen LogP contribution is 2.39. The fourth-order valence-corrected chi connectivity index (χ4v) is 4.35. The Morgan fingerprint density at radius 2 is 1.73 bits per heavy atom. The van der Waals surface area contributed by atoms with E-state index in [1.165, 1.54) is 35.6 Å². The minimum Gasteiger partial charge on any atom is -0.426 e. The van der Waals surface area contributed by atoms with E-state index in [0.29, 0.717) is 10.6 Å². The zero-order chi connectivity index (χ0) is 23.5. The van der Waals surface area contributed by atoms with E-state index >= 15 is 0 Å². The molecule has 1 fully saturated rings. The van der Waals surface area contributed by atoms with E-state index in [-0.39, 0.29) is 43.3 Å². The number of thiophene rings is 1. The van der Waals surface area contributed by atoms with Crippen LogP contribution in [0, 0.1) is 0 Å². The van der Waals surface area contributed by atoms with Gasteiger partial charge >= 0.3 is 12.1 Å². The van der Waals surface area contributed by atoms with Gasteiger partial charge in [-0.1, -0.05) is 24.3 Å². The molecule has 172 valence electrons. The van der Waals surface area contributed by atoms with Crippen LogP contribution in [0.2, 0.25) is 0 Å². The number of hydrogen-bond acceptors (Lipinski definition) is 5. The number of benzene rings is 2. The highest BCUT2D eigenvalue weighted by atomic mass is 32.1. The van der Waals surface area contributed by atoms with Crippen molar-refractivity contribution in [2.75, 3.05) is 18.5 Å². The molecule has 1 saturated heterocycles. The molecule has 3 aromatic rings. The van der Waals surface area contributed by atoms with E-state index in [0.717, 1.165) is 12.1 Å². The number of hydrogen-bond donors (Lipinski definition) is 1. The molecule has 1 aliphatic heterocycles. The molecular weight excluding hydrogens is 455 g/mol. The molecule has 0 radical (unpaired) electrons. The summed E-state index contributed by atoms with van der Waals surface area (Å²) in [6.45, 7) is 0.470. The van der Waals surface area contributed by atoms with Crippen LogP contribution < -0.4 is 10.1 Å². The lowest BCUT2D eigenvalue weighted by Crippen LogP contribution is -2.44. The Morgan fingerprint density at radius 3 is 2.36 bits per heavy atom. The number of esters is 1. The zero-order valence-electron chi connectivity index (χ0n) is 17.4. The SMILES string of the molecule is O=C(Nc1ccc(OC(=O)C2(c3cccc(C(F)(F)F)c3)CCOCC2)cc1)c1cccs1. The summed E-state index contributed by atoms with van der Waals surface area (Å²) >= 11 is 1.32. The average molecular weight is 475 g/mol. The van der Waals surface area contributed by atoms with E-state index in [9.17, 15) is 22.8 Å². The molecule has 9 heteroatoms. The molecule has 5 nitrogen and oxygen atoms in total. The van der Waals surface area contributed by atoms with Crippen molar-refractivity contribution in [2.45, 2.75) is 24.4 Å². The Kier molecular flexibility index (Phi) is 6.53. The number of carbonyl (C=O) groups excluding carboxylic acids is 2. The van der Waals surface area contributed by atoms with Crippen molar-refractivity contribution in [1.29, 1.82) is 0 Å². The fraction of sp³-hybridized carbons (Fsp3) is 0.250. The first-order valence-electron chi connectivity index (χ1n) is 10.2. The number of alkyl halides is 3. The van der Waals surface area contributed by atoms with Crippen LogP contribution >= 0.6 is 11.3 Å². The van der Waals surface area contributed by atoms with E-state index in [1.54, 1.807) is 29.6 Å². The van der Waals surface area contributed by atoms with E-state index < -0.39 is 23.1 Å². The van der Waals surface area contributed by atoms with Gasteiger partial charge in [-0.05, 0) is 60.2 Å². The quantitative estimate of drug-likeness (QED) is 0.381. The third-order valence-corrected chi connectivity index (χ3v) is 6.42. The van der Waals surface area contributed by atoms with Crippen molar-refractivity contribution in [3.63, 3.8) is 0 Å². The van der Waals surface area contributed by atoms with Gasteiger partial charge in [0.1, 0.15) is 5.75 Å². The molecule has 0 atom stereocenters. The highest BCUT2D eigenvalue weighted by molar-refractivity contribution is 7.12. The minimum absolute atomic E-state index is 0.210. The van der Waals surface area contributed by atoms with Crippen molar-refractivity contribution in [1.82, 2.24) is 0 Å². The second kappa shape index (κ2) is 9.36. The van der Waals surface area contributed by atoms with Crippen LogP contribution in [0.5, 0.6) is 5.75 Å². The van der Waals surface area contributed by atoms with Gasteiger partial charge in [0.15, 0.2) is 0 Å². The third-order valence-electron chi connectivity index (χ3n) is 5.55. The van der Waals surface area contributed by atoms with Crippen molar-refractivity contribution in [3.8, 4) is 5.75 Å². The van der Waals surface area contributed by atoms with Gasteiger partial charge in [0.2, 0.25) is 0 Å². The van der Waals surface area contributed by atoms with Gasteiger partial charge in [-0.3, -0.25) is 9.59 Å². The summed E-state index contributed by atoms with van der Waals surface area (Å²) in [7, 11) is 0. The largest absolute Gasteiger partial charge is 0.426 e. The fourth-order valence-electron chi connectivity index (χ4n) is 3.74. The number of halogens is 3. The van der Waals surface area contributed by atoms with Crippen LogP contribution in [0.4, 0.5) is 18.9 Å². The molecule has 1 amide bonds. The first-order chi connectivity index (χ1) is 15.8. The summed E-state index contributed by atoms with van der Waals surface area (Å²) in [6.07, 6.45) is -4.10. The van der Waals surface area contributed by atoms with Crippen molar-refractivity contribution in [3.05, 3.63) is 82.0 Å². The van der Waals surface area contributed by atoms with Gasteiger partial charge < -0.3 is 14.8 Å². The van der Waals surface area contributed by atoms with Gasteiger partial charge in [-0.25, -0.2) is 0 Å². The molecule has 4 rings (SSSR count). The molecule has 33 heavy (non-hydrogen) atoms. The van der Waals surface area contributed by atoms with Crippen molar-refractivity contribution in [2.24, 2.45) is 0 Å². The zero-order valence-corrected chi connectivity index (χ0v) is 18.2. The highest BCUT2D eigenvalue weighted by Gasteiger charge is 2.44. The Bertz CT molecular complexity index is 1120. The number of carbonyl (C=O) groups is 2. The van der Waals surface area contributed by atoms with E-state index in [1.807, 2.05) is 0 Å². The molecule has 1 aliphatic rings. The maximum atomic E-state index is 13.3. The summed E-state index contributed by atoms with van der Waals surface area (Å²) in [5.74, 6) is -0.659. The summed E-state index contributed by atoms with van der Waals surface area (Å²) in [4.78, 5) is 26.0. The molecule has 0 saturated carbocycles. The molecule has 0 unspecified atom stereocenters. The summed E-state index contributed by atoms with van der Waals surface area (Å²) in [5, 5.41) is 4.55. The van der Waals surface area contributed by atoms with Crippen LogP contribution in [0.25, 0.3) is 0 Å². The Morgan fingerprint density at radius 1 is 1.00 bits per heavy atom. The molecule has 1 N–H and O–H groups in total. The van der Waals surface area contributed by atoms with Crippen LogP contribution in [-0.4, -0.2) is 25.1 Å². The molecule has 0 spiro atoms. The number of nitrogens with one attached hydrogen (secondary N) is 1. The maximum absolute atomic E-state index is 13.3. The van der Waals surface area contributed by atoms with Crippen LogP contribution in [0.1, 0.15) is 33.6 Å². The molecule has 0 aliphatic carbocycles. The summed E-state index contributed by atoms with van der Waals surface area (Å²) in [6, 6.07) is 14.5. The van der Waals surface area contributed by atoms with Crippen molar-refractivity contribution < 1.29 is 32.2 Å². The summed E-state index contributed by atoms with van der Waals surface area (Å²) in [5.41, 5.74) is -1.28. The molecule has 2 heterocycles. The minimum atomic E-state index is -4.52. The van der Waals surface area contributed by atoms with Gasteiger partial charge in [-0.15, -0.1) is 11.3 Å².